The van der Waals surface area contributed by atoms with Gasteiger partial charge in [0, 0.05) is 11.5 Å². The number of halogens is 5. The van der Waals surface area contributed by atoms with E-state index < -0.39 is 14.6 Å². The molecule has 1 nitrogen and oxygen atoms in total. The van der Waals surface area contributed by atoms with E-state index in [-0.39, 0.29) is 11.5 Å². The first-order valence-corrected chi connectivity index (χ1v) is 5.27. The molecule has 0 radical (unpaired) electrons. The highest BCUT2D eigenvalue weighted by Crippen LogP contribution is 2.50. The summed E-state index contributed by atoms with van der Waals surface area (Å²) < 4.78 is -2.54. The number of hydrogen-bond donors (Lipinski definition) is 0. The minimum atomic E-state index is -1.34. The van der Waals surface area contributed by atoms with Gasteiger partial charge in [0.05, 0.1) is 5.92 Å². The van der Waals surface area contributed by atoms with Gasteiger partial charge >= 0.3 is 0 Å². The molecular formula is C7H5Cl5O. The van der Waals surface area contributed by atoms with Crippen molar-refractivity contribution in [2.75, 3.05) is 0 Å². The van der Waals surface area contributed by atoms with Crippen LogP contribution in [-0.2, 0) is 4.79 Å². The average molecular weight is 282 g/mol. The number of allylic oxidation sites excluding steroid dienone is 2. The Kier molecular flexibility index (Phi) is 3.47. The summed E-state index contributed by atoms with van der Waals surface area (Å²) in [7, 11) is 0. The summed E-state index contributed by atoms with van der Waals surface area (Å²) in [5.41, 5.74) is 0. The van der Waals surface area contributed by atoms with Crippen molar-refractivity contribution in [1.82, 2.24) is 0 Å². The molecule has 1 rings (SSSR count). The molecule has 0 saturated heterocycles. The van der Waals surface area contributed by atoms with E-state index in [1.807, 2.05) is 0 Å². The number of aldehydes is 1. The second-order valence-corrected chi connectivity index (χ2v) is 6.36. The van der Waals surface area contributed by atoms with Crippen molar-refractivity contribution in [3.05, 3.63) is 11.1 Å². The maximum atomic E-state index is 10.6. The molecule has 1 aliphatic carbocycles. The van der Waals surface area contributed by atoms with Gasteiger partial charge in [-0.25, -0.2) is 0 Å². The Morgan fingerprint density at radius 3 is 2.31 bits per heavy atom. The summed E-state index contributed by atoms with van der Waals surface area (Å²) in [4.78, 5) is 10.6. The van der Waals surface area contributed by atoms with Crippen LogP contribution in [0.25, 0.3) is 0 Å². The standard InChI is InChI=1S/C7H5Cl5O/c8-5-1-6(9,10)3-7(11,12)4(5)2-13/h1-2,4H,3H2. The van der Waals surface area contributed by atoms with E-state index in [4.69, 9.17) is 58.0 Å². The van der Waals surface area contributed by atoms with E-state index in [1.54, 1.807) is 0 Å². The number of hydrogen-bond acceptors (Lipinski definition) is 1. The summed E-state index contributed by atoms with van der Waals surface area (Å²) in [5.74, 6) is -0.761. The third-order valence-electron chi connectivity index (χ3n) is 1.71. The maximum absolute atomic E-state index is 10.6. The minimum Gasteiger partial charge on any atom is -0.303 e. The van der Waals surface area contributed by atoms with Crippen molar-refractivity contribution < 1.29 is 4.79 Å². The molecule has 0 aromatic carbocycles. The predicted octanol–water partition coefficient (Wildman–Crippen LogP) is 3.68. The molecule has 0 N–H and O–H groups in total. The molecule has 1 aliphatic rings. The third kappa shape index (κ3) is 2.66. The number of alkyl halides is 4. The van der Waals surface area contributed by atoms with Crippen LogP contribution in [0.5, 0.6) is 0 Å². The van der Waals surface area contributed by atoms with Crippen LogP contribution in [0.1, 0.15) is 6.42 Å². The molecule has 1 atom stereocenters. The highest BCUT2D eigenvalue weighted by atomic mass is 35.5. The van der Waals surface area contributed by atoms with Crippen molar-refractivity contribution in [3.8, 4) is 0 Å². The fourth-order valence-corrected chi connectivity index (χ4v) is 3.47. The van der Waals surface area contributed by atoms with Crippen LogP contribution in [-0.4, -0.2) is 15.0 Å². The van der Waals surface area contributed by atoms with Crippen molar-refractivity contribution in [1.29, 1.82) is 0 Å². The van der Waals surface area contributed by atoms with Gasteiger partial charge < -0.3 is 4.79 Å². The smallest absolute Gasteiger partial charge is 0.140 e. The van der Waals surface area contributed by atoms with E-state index in [2.05, 4.69) is 0 Å². The van der Waals surface area contributed by atoms with Crippen molar-refractivity contribution in [2.24, 2.45) is 5.92 Å². The summed E-state index contributed by atoms with van der Waals surface area (Å²) >= 11 is 29.0. The Labute approximate surface area is 101 Å². The van der Waals surface area contributed by atoms with Crippen LogP contribution < -0.4 is 0 Å². The van der Waals surface area contributed by atoms with Crippen LogP contribution in [0.2, 0.25) is 0 Å². The normalized spacial score (nSPS) is 30.8. The van der Waals surface area contributed by atoms with Gasteiger partial charge in [-0.05, 0) is 6.08 Å². The minimum absolute atomic E-state index is 0.0614. The quantitative estimate of drug-likeness (QED) is 0.530. The van der Waals surface area contributed by atoms with Gasteiger partial charge in [-0.15, -0.1) is 23.2 Å². The second kappa shape index (κ2) is 3.79. The van der Waals surface area contributed by atoms with E-state index >= 15 is 0 Å². The van der Waals surface area contributed by atoms with Crippen LogP contribution in [0.4, 0.5) is 0 Å². The topological polar surface area (TPSA) is 17.1 Å². The summed E-state index contributed by atoms with van der Waals surface area (Å²) in [6, 6.07) is 0. The van der Waals surface area contributed by atoms with Crippen molar-refractivity contribution in [3.63, 3.8) is 0 Å². The summed E-state index contributed by atoms with van der Waals surface area (Å²) in [6.45, 7) is 0. The first kappa shape index (κ1) is 11.9. The van der Waals surface area contributed by atoms with Crippen molar-refractivity contribution in [2.45, 2.75) is 15.1 Å². The third-order valence-corrected chi connectivity index (χ3v) is 3.28. The zero-order valence-corrected chi connectivity index (χ0v) is 10.0. The highest BCUT2D eigenvalue weighted by Gasteiger charge is 2.47. The van der Waals surface area contributed by atoms with Gasteiger partial charge in [-0.1, -0.05) is 34.8 Å². The monoisotopic (exact) mass is 280 g/mol. The molecule has 0 aromatic rings. The van der Waals surface area contributed by atoms with E-state index in [0.29, 0.717) is 6.29 Å². The Balaban J connectivity index is 3.08. The molecule has 0 aliphatic heterocycles. The van der Waals surface area contributed by atoms with Crippen molar-refractivity contribution >= 4 is 64.3 Å². The number of carbonyl (C=O) groups is 1. The molecule has 0 bridgehead atoms. The summed E-state index contributed by atoms with van der Waals surface area (Å²) in [5, 5.41) is 0.177. The summed E-state index contributed by atoms with van der Waals surface area (Å²) in [6.07, 6.45) is 2.02. The molecule has 74 valence electrons. The van der Waals surface area contributed by atoms with E-state index in [0.717, 1.165) is 0 Å². The van der Waals surface area contributed by atoms with Crippen LogP contribution >= 0.6 is 58.0 Å². The lowest BCUT2D eigenvalue weighted by Gasteiger charge is -2.34. The Morgan fingerprint density at radius 2 is 1.92 bits per heavy atom. The van der Waals surface area contributed by atoms with Gasteiger partial charge in [-0.3, -0.25) is 0 Å². The number of rotatable bonds is 1. The highest BCUT2D eigenvalue weighted by molar-refractivity contribution is 6.55. The molecule has 1 unspecified atom stereocenters. The lowest BCUT2D eigenvalue weighted by Crippen LogP contribution is -2.37. The molecule has 13 heavy (non-hydrogen) atoms. The SMILES string of the molecule is O=CC1C(Cl)=CC(Cl)(Cl)CC1(Cl)Cl. The molecule has 0 saturated carbocycles. The van der Waals surface area contributed by atoms with E-state index in [9.17, 15) is 4.79 Å². The van der Waals surface area contributed by atoms with Crippen LogP contribution in [0, 0.1) is 5.92 Å². The fraction of sp³-hybridized carbons (Fsp3) is 0.571. The molecule has 0 spiro atoms. The maximum Gasteiger partial charge on any atom is 0.140 e. The second-order valence-electron chi connectivity index (χ2n) is 2.84. The lowest BCUT2D eigenvalue weighted by molar-refractivity contribution is -0.110. The van der Waals surface area contributed by atoms with Gasteiger partial charge in [-0.2, -0.15) is 0 Å². The van der Waals surface area contributed by atoms with Crippen LogP contribution in [0.3, 0.4) is 0 Å². The molecule has 0 heterocycles. The first-order chi connectivity index (χ1) is 5.78. The zero-order valence-electron chi connectivity index (χ0n) is 6.24. The Morgan fingerprint density at radius 1 is 1.38 bits per heavy atom. The van der Waals surface area contributed by atoms with Gasteiger partial charge in [0.15, 0.2) is 0 Å². The van der Waals surface area contributed by atoms with Gasteiger partial charge in [0.2, 0.25) is 0 Å². The lowest BCUT2D eigenvalue weighted by atomic mass is 9.95. The molecule has 0 fully saturated rings. The van der Waals surface area contributed by atoms with Gasteiger partial charge in [0.25, 0.3) is 0 Å². The number of carbonyl (C=O) groups excluding carboxylic acids is 1. The average Bonchev–Trinajstić information content (AvgIpc) is 1.79. The molecular weight excluding hydrogens is 277 g/mol. The first-order valence-electron chi connectivity index (χ1n) is 3.38. The predicted molar refractivity (Wildman–Crippen MR) is 57.0 cm³/mol. The molecule has 6 heteroatoms. The zero-order chi connectivity index (χ0) is 10.3. The molecule has 0 amide bonds. The molecule has 0 aromatic heterocycles. The Hall–Kier alpha value is 0.860. The van der Waals surface area contributed by atoms with E-state index in [1.165, 1.54) is 6.08 Å². The Bertz CT molecular complexity index is 258. The van der Waals surface area contributed by atoms with Crippen LogP contribution in [0.15, 0.2) is 11.1 Å². The largest absolute Gasteiger partial charge is 0.303 e. The fourth-order valence-electron chi connectivity index (χ4n) is 1.13. The van der Waals surface area contributed by atoms with Gasteiger partial charge in [0.1, 0.15) is 15.0 Å².